The van der Waals surface area contributed by atoms with Gasteiger partial charge in [-0.1, -0.05) is 61.5 Å². The van der Waals surface area contributed by atoms with Crippen molar-refractivity contribution in [2.75, 3.05) is 0 Å². The van der Waals surface area contributed by atoms with Gasteiger partial charge in [-0.25, -0.2) is 4.79 Å². The van der Waals surface area contributed by atoms with Crippen LogP contribution in [0.4, 0.5) is 0 Å². The first-order valence-electron chi connectivity index (χ1n) is 9.68. The van der Waals surface area contributed by atoms with Crippen molar-refractivity contribution in [3.8, 4) is 5.75 Å². The Morgan fingerprint density at radius 1 is 1.00 bits per heavy atom. The molecule has 0 spiro atoms. The second-order valence-corrected chi connectivity index (χ2v) is 10.5. The van der Waals surface area contributed by atoms with Crippen molar-refractivity contribution < 1.29 is 19.1 Å². The first-order valence-corrected chi connectivity index (χ1v) is 9.68. The van der Waals surface area contributed by atoms with Gasteiger partial charge in [-0.2, -0.15) is 0 Å². The Morgan fingerprint density at radius 3 is 2.00 bits per heavy atom. The summed E-state index contributed by atoms with van der Waals surface area (Å²) < 4.78 is 11.3. The quantitative estimate of drug-likeness (QED) is 0.520. The molecule has 0 N–H and O–H groups in total. The van der Waals surface area contributed by atoms with E-state index in [9.17, 15) is 9.59 Å². The first-order chi connectivity index (χ1) is 12.1. The van der Waals surface area contributed by atoms with Gasteiger partial charge in [-0.15, -0.1) is 0 Å². The minimum atomic E-state index is -1.01. The highest BCUT2D eigenvalue weighted by Crippen LogP contribution is 2.46. The minimum Gasteiger partial charge on any atom is -0.445 e. The van der Waals surface area contributed by atoms with Crippen LogP contribution in [0.5, 0.6) is 5.75 Å². The number of carbonyl (C=O) groups excluding carboxylic acids is 2. The topological polar surface area (TPSA) is 52.6 Å². The molecule has 0 saturated carbocycles. The van der Waals surface area contributed by atoms with Crippen molar-refractivity contribution in [2.24, 2.45) is 11.3 Å². The number of carbonyl (C=O) groups is 2. The van der Waals surface area contributed by atoms with Crippen molar-refractivity contribution in [3.05, 3.63) is 28.8 Å². The maximum Gasteiger partial charge on any atom is 0.357 e. The van der Waals surface area contributed by atoms with Crippen LogP contribution < -0.4 is 4.74 Å². The van der Waals surface area contributed by atoms with Crippen LogP contribution in [0.3, 0.4) is 0 Å². The molecule has 0 aromatic heterocycles. The fourth-order valence-corrected chi connectivity index (χ4v) is 2.84. The van der Waals surface area contributed by atoms with Crippen molar-refractivity contribution in [1.82, 2.24) is 0 Å². The smallest absolute Gasteiger partial charge is 0.357 e. The Morgan fingerprint density at radius 2 is 1.56 bits per heavy atom. The highest BCUT2D eigenvalue weighted by Gasteiger charge is 2.43. The molecule has 0 fully saturated rings. The van der Waals surface area contributed by atoms with Crippen LogP contribution in [0, 0.1) is 11.3 Å². The van der Waals surface area contributed by atoms with Gasteiger partial charge < -0.3 is 9.47 Å². The van der Waals surface area contributed by atoms with E-state index in [4.69, 9.17) is 9.47 Å². The van der Waals surface area contributed by atoms with Gasteiger partial charge in [-0.3, -0.25) is 4.79 Å². The van der Waals surface area contributed by atoms with Gasteiger partial charge in [0.1, 0.15) is 5.75 Å². The summed E-state index contributed by atoms with van der Waals surface area (Å²) in [6.45, 7) is 20.3. The fraction of sp³-hybridized carbons (Fsp3) is 0.652. The van der Waals surface area contributed by atoms with Gasteiger partial charge in [0.2, 0.25) is 6.10 Å². The van der Waals surface area contributed by atoms with Gasteiger partial charge in [0.05, 0.1) is 5.41 Å². The second kappa shape index (κ2) is 6.65. The van der Waals surface area contributed by atoms with E-state index in [1.54, 1.807) is 0 Å². The van der Waals surface area contributed by atoms with Gasteiger partial charge in [0.25, 0.3) is 0 Å². The predicted octanol–water partition coefficient (Wildman–Crippen LogP) is 5.47. The molecule has 4 nitrogen and oxygen atoms in total. The number of benzene rings is 1. The zero-order valence-corrected chi connectivity index (χ0v) is 18.4. The number of esters is 2. The molecule has 1 heterocycles. The highest BCUT2D eigenvalue weighted by molar-refractivity contribution is 5.89. The summed E-state index contributed by atoms with van der Waals surface area (Å²) in [7, 11) is 0. The lowest BCUT2D eigenvalue weighted by atomic mass is 9.78. The average molecular weight is 375 g/mol. The Bertz CT molecular complexity index is 758. The number of rotatable bonds is 3. The molecule has 0 radical (unpaired) electrons. The Labute approximate surface area is 163 Å². The SMILES string of the molecule is CC(C)C(C)(C)C(=O)OC1C(=O)Oc2c1cc(C(C)(C)C)cc2C(C)(C)C. The van der Waals surface area contributed by atoms with E-state index < -0.39 is 17.5 Å². The van der Waals surface area contributed by atoms with E-state index in [0.717, 1.165) is 11.1 Å². The number of hydrogen-bond donors (Lipinski definition) is 0. The number of ether oxygens (including phenoxy) is 2. The summed E-state index contributed by atoms with van der Waals surface area (Å²) in [4.78, 5) is 25.4. The van der Waals surface area contributed by atoms with E-state index in [1.807, 2.05) is 33.8 Å². The summed E-state index contributed by atoms with van der Waals surface area (Å²) in [5, 5.41) is 0. The van der Waals surface area contributed by atoms with Gasteiger partial charge >= 0.3 is 11.9 Å². The maximum absolute atomic E-state index is 12.8. The molecule has 1 aromatic carbocycles. The Balaban J connectivity index is 2.57. The van der Waals surface area contributed by atoms with Crippen molar-refractivity contribution in [3.63, 3.8) is 0 Å². The molecule has 1 aromatic rings. The van der Waals surface area contributed by atoms with Crippen molar-refractivity contribution >= 4 is 11.9 Å². The fourth-order valence-electron chi connectivity index (χ4n) is 2.84. The van der Waals surface area contributed by atoms with E-state index in [1.165, 1.54) is 0 Å². The molecule has 0 aliphatic carbocycles. The largest absolute Gasteiger partial charge is 0.445 e. The summed E-state index contributed by atoms with van der Waals surface area (Å²) in [6, 6.07) is 4.06. The molecular weight excluding hydrogens is 340 g/mol. The normalized spacial score (nSPS) is 17.7. The molecule has 1 aliphatic heterocycles. The third kappa shape index (κ3) is 4.04. The Hall–Kier alpha value is -1.84. The molecule has 0 saturated heterocycles. The lowest BCUT2D eigenvalue weighted by Crippen LogP contribution is -2.34. The van der Waals surface area contributed by atoms with Crippen molar-refractivity contribution in [2.45, 2.75) is 86.2 Å². The molecule has 1 atom stereocenters. The van der Waals surface area contributed by atoms with Crippen LogP contribution in [0.25, 0.3) is 0 Å². The van der Waals surface area contributed by atoms with E-state index in [0.29, 0.717) is 11.3 Å². The molecule has 150 valence electrons. The second-order valence-electron chi connectivity index (χ2n) is 10.5. The Kier molecular flexibility index (Phi) is 5.28. The van der Waals surface area contributed by atoms with E-state index in [2.05, 4.69) is 47.6 Å². The van der Waals surface area contributed by atoms with E-state index in [-0.39, 0.29) is 22.7 Å². The first kappa shape index (κ1) is 21.5. The molecule has 2 rings (SSSR count). The zero-order chi connectivity index (χ0) is 20.9. The monoisotopic (exact) mass is 374 g/mol. The molecule has 1 unspecified atom stereocenters. The third-order valence-corrected chi connectivity index (χ3v) is 5.69. The molecule has 1 aliphatic rings. The van der Waals surface area contributed by atoms with Gasteiger partial charge in [0, 0.05) is 11.1 Å². The highest BCUT2D eigenvalue weighted by atomic mass is 16.6. The summed E-state index contributed by atoms with van der Waals surface area (Å²) in [5.74, 6) is -0.270. The lowest BCUT2D eigenvalue weighted by Gasteiger charge is -2.28. The molecule has 0 bridgehead atoms. The predicted molar refractivity (Wildman–Crippen MR) is 107 cm³/mol. The molecular formula is C23H34O4. The third-order valence-electron chi connectivity index (χ3n) is 5.69. The molecule has 4 heteroatoms. The van der Waals surface area contributed by atoms with Crippen LogP contribution in [0.2, 0.25) is 0 Å². The van der Waals surface area contributed by atoms with Crippen LogP contribution >= 0.6 is 0 Å². The zero-order valence-electron chi connectivity index (χ0n) is 18.4. The summed E-state index contributed by atoms with van der Waals surface area (Å²) in [6.07, 6.45) is -1.01. The minimum absolute atomic E-state index is 0.0907. The molecule has 0 amide bonds. The molecule has 27 heavy (non-hydrogen) atoms. The maximum atomic E-state index is 12.8. The van der Waals surface area contributed by atoms with Gasteiger partial charge in [0.15, 0.2) is 0 Å². The standard InChI is InChI=1S/C23H34O4/c1-13(2)23(9,10)20(25)27-18-15-11-14(21(3,4)5)12-16(22(6,7)8)17(15)26-19(18)24/h11-13,18H,1-10H3. The van der Waals surface area contributed by atoms with Crippen LogP contribution in [0.1, 0.15) is 92.0 Å². The van der Waals surface area contributed by atoms with E-state index >= 15 is 0 Å². The van der Waals surface area contributed by atoms with Gasteiger partial charge in [-0.05, 0) is 42.2 Å². The summed E-state index contributed by atoms with van der Waals surface area (Å²) >= 11 is 0. The van der Waals surface area contributed by atoms with Crippen LogP contribution in [0.15, 0.2) is 12.1 Å². The number of hydrogen-bond acceptors (Lipinski definition) is 4. The summed E-state index contributed by atoms with van der Waals surface area (Å²) in [5.41, 5.74) is 1.71. The van der Waals surface area contributed by atoms with Crippen LogP contribution in [-0.4, -0.2) is 11.9 Å². The lowest BCUT2D eigenvalue weighted by molar-refractivity contribution is -0.169. The average Bonchev–Trinajstić information content (AvgIpc) is 2.80. The number of fused-ring (bicyclic) bond motifs is 1. The van der Waals surface area contributed by atoms with Crippen LogP contribution in [-0.2, 0) is 25.2 Å². The van der Waals surface area contributed by atoms with Crippen molar-refractivity contribution in [1.29, 1.82) is 0 Å².